The minimum Gasteiger partial charge on any atom is -0.366 e. The van der Waals surface area contributed by atoms with Crippen LogP contribution in [0.25, 0.3) is 0 Å². The fourth-order valence-corrected chi connectivity index (χ4v) is 3.50. The first-order chi connectivity index (χ1) is 8.88. The molecule has 2 heteroatoms. The highest BCUT2D eigenvalue weighted by Gasteiger charge is 2.32. The second kappa shape index (κ2) is 5.31. The SMILES string of the molecule is CCc1ccc(N2CCN[C@H]3CCCC[C@H]32)cc1. The summed E-state index contributed by atoms with van der Waals surface area (Å²) in [5, 5.41) is 3.70. The molecule has 1 heterocycles. The van der Waals surface area contributed by atoms with Gasteiger partial charge in [0, 0.05) is 30.9 Å². The molecular formula is C16H24N2. The number of hydrogen-bond donors (Lipinski definition) is 1. The zero-order chi connectivity index (χ0) is 12.4. The summed E-state index contributed by atoms with van der Waals surface area (Å²) in [5.74, 6) is 0. The third-order valence-electron chi connectivity index (χ3n) is 4.57. The summed E-state index contributed by atoms with van der Waals surface area (Å²) in [5.41, 5.74) is 2.86. The van der Waals surface area contributed by atoms with Gasteiger partial charge in [0.1, 0.15) is 0 Å². The number of nitrogens with zero attached hydrogens (tertiary/aromatic N) is 1. The predicted molar refractivity (Wildman–Crippen MR) is 77.2 cm³/mol. The maximum absolute atomic E-state index is 3.70. The molecule has 98 valence electrons. The van der Waals surface area contributed by atoms with Crippen molar-refractivity contribution in [2.24, 2.45) is 0 Å². The maximum atomic E-state index is 3.70. The molecule has 0 amide bonds. The van der Waals surface area contributed by atoms with Gasteiger partial charge in [-0.05, 0) is 37.0 Å². The summed E-state index contributed by atoms with van der Waals surface area (Å²) < 4.78 is 0. The first-order valence-electron chi connectivity index (χ1n) is 7.47. The van der Waals surface area contributed by atoms with Gasteiger partial charge < -0.3 is 10.2 Å². The Kier molecular flexibility index (Phi) is 3.55. The quantitative estimate of drug-likeness (QED) is 0.860. The van der Waals surface area contributed by atoms with Crippen LogP contribution in [0, 0.1) is 0 Å². The van der Waals surface area contributed by atoms with Crippen molar-refractivity contribution in [3.8, 4) is 0 Å². The lowest BCUT2D eigenvalue weighted by Gasteiger charge is -2.46. The van der Waals surface area contributed by atoms with Crippen LogP contribution in [0.4, 0.5) is 5.69 Å². The molecule has 18 heavy (non-hydrogen) atoms. The van der Waals surface area contributed by atoms with E-state index in [1.54, 1.807) is 0 Å². The van der Waals surface area contributed by atoms with Gasteiger partial charge >= 0.3 is 0 Å². The van der Waals surface area contributed by atoms with Crippen LogP contribution in [0.5, 0.6) is 0 Å². The van der Waals surface area contributed by atoms with Crippen LogP contribution in [-0.2, 0) is 6.42 Å². The van der Waals surface area contributed by atoms with E-state index in [4.69, 9.17) is 0 Å². The van der Waals surface area contributed by atoms with Crippen LogP contribution in [0.15, 0.2) is 24.3 Å². The smallest absolute Gasteiger partial charge is 0.0443 e. The second-order valence-corrected chi connectivity index (χ2v) is 5.63. The second-order valence-electron chi connectivity index (χ2n) is 5.63. The van der Waals surface area contributed by atoms with Crippen LogP contribution in [0.1, 0.15) is 38.2 Å². The Balaban J connectivity index is 1.80. The molecule has 2 atom stereocenters. The third-order valence-corrected chi connectivity index (χ3v) is 4.57. The van der Waals surface area contributed by atoms with Gasteiger partial charge in [0.25, 0.3) is 0 Å². The number of piperazine rings is 1. The lowest BCUT2D eigenvalue weighted by atomic mass is 9.87. The summed E-state index contributed by atoms with van der Waals surface area (Å²) in [4.78, 5) is 2.64. The highest BCUT2D eigenvalue weighted by atomic mass is 15.2. The Bertz CT molecular complexity index is 383. The Morgan fingerprint density at radius 1 is 1.17 bits per heavy atom. The van der Waals surface area contributed by atoms with Crippen molar-refractivity contribution in [2.45, 2.75) is 51.1 Å². The van der Waals surface area contributed by atoms with Gasteiger partial charge in [-0.2, -0.15) is 0 Å². The molecule has 0 spiro atoms. The molecule has 2 aliphatic rings. The van der Waals surface area contributed by atoms with Gasteiger partial charge in [-0.25, -0.2) is 0 Å². The number of benzene rings is 1. The van der Waals surface area contributed by atoms with Gasteiger partial charge in [0.15, 0.2) is 0 Å². The average Bonchev–Trinajstić information content (AvgIpc) is 2.47. The van der Waals surface area contributed by atoms with Crippen molar-refractivity contribution in [3.05, 3.63) is 29.8 Å². The molecule has 3 rings (SSSR count). The average molecular weight is 244 g/mol. The van der Waals surface area contributed by atoms with E-state index in [2.05, 4.69) is 41.4 Å². The fourth-order valence-electron chi connectivity index (χ4n) is 3.50. The molecule has 0 radical (unpaired) electrons. The maximum Gasteiger partial charge on any atom is 0.0443 e. The lowest BCUT2D eigenvalue weighted by molar-refractivity contribution is 0.284. The summed E-state index contributed by atoms with van der Waals surface area (Å²) >= 11 is 0. The zero-order valence-corrected chi connectivity index (χ0v) is 11.4. The molecule has 1 N–H and O–H groups in total. The largest absolute Gasteiger partial charge is 0.366 e. The molecular weight excluding hydrogens is 220 g/mol. The molecule has 1 aliphatic carbocycles. The monoisotopic (exact) mass is 244 g/mol. The van der Waals surface area contributed by atoms with Crippen LogP contribution in [-0.4, -0.2) is 25.2 Å². The van der Waals surface area contributed by atoms with Crippen LogP contribution in [0.2, 0.25) is 0 Å². The molecule has 1 aliphatic heterocycles. The van der Waals surface area contributed by atoms with Gasteiger partial charge in [0.05, 0.1) is 0 Å². The van der Waals surface area contributed by atoms with Gasteiger partial charge in [0.2, 0.25) is 0 Å². The van der Waals surface area contributed by atoms with Crippen molar-refractivity contribution in [3.63, 3.8) is 0 Å². The molecule has 1 saturated carbocycles. The molecule has 1 aromatic carbocycles. The minimum atomic E-state index is 0.721. The van der Waals surface area contributed by atoms with E-state index in [0.717, 1.165) is 31.6 Å². The first kappa shape index (κ1) is 12.0. The van der Waals surface area contributed by atoms with Crippen LogP contribution >= 0.6 is 0 Å². The molecule has 2 nitrogen and oxygen atoms in total. The van der Waals surface area contributed by atoms with Gasteiger partial charge in [-0.1, -0.05) is 31.9 Å². The summed E-state index contributed by atoms with van der Waals surface area (Å²) in [7, 11) is 0. The van der Waals surface area contributed by atoms with E-state index in [1.165, 1.54) is 36.9 Å². The molecule has 2 fully saturated rings. The molecule has 1 aromatic rings. The van der Waals surface area contributed by atoms with Crippen molar-refractivity contribution in [2.75, 3.05) is 18.0 Å². The highest BCUT2D eigenvalue weighted by molar-refractivity contribution is 5.49. The minimum absolute atomic E-state index is 0.721. The van der Waals surface area contributed by atoms with E-state index >= 15 is 0 Å². The number of nitrogens with one attached hydrogen (secondary N) is 1. The standard InChI is InChI=1S/C16H24N2/c1-2-13-7-9-14(10-8-13)18-12-11-17-15-5-3-4-6-16(15)18/h7-10,15-17H,2-6,11-12H2,1H3/t15-,16+/m0/s1. The Hall–Kier alpha value is -1.02. The topological polar surface area (TPSA) is 15.3 Å². The van der Waals surface area contributed by atoms with Crippen LogP contribution < -0.4 is 10.2 Å². The number of anilines is 1. The van der Waals surface area contributed by atoms with E-state index in [9.17, 15) is 0 Å². The highest BCUT2D eigenvalue weighted by Crippen LogP contribution is 2.29. The predicted octanol–water partition coefficient (Wildman–Crippen LogP) is 2.97. The Morgan fingerprint density at radius 2 is 1.94 bits per heavy atom. The molecule has 0 aromatic heterocycles. The van der Waals surface area contributed by atoms with E-state index in [1.807, 2.05) is 0 Å². The molecule has 1 saturated heterocycles. The van der Waals surface area contributed by atoms with Crippen molar-refractivity contribution >= 4 is 5.69 Å². The van der Waals surface area contributed by atoms with E-state index in [-0.39, 0.29) is 0 Å². The Morgan fingerprint density at radius 3 is 2.72 bits per heavy atom. The van der Waals surface area contributed by atoms with Gasteiger partial charge in [-0.3, -0.25) is 0 Å². The van der Waals surface area contributed by atoms with E-state index in [0.29, 0.717) is 0 Å². The van der Waals surface area contributed by atoms with Crippen molar-refractivity contribution in [1.29, 1.82) is 0 Å². The van der Waals surface area contributed by atoms with Crippen LogP contribution in [0.3, 0.4) is 0 Å². The number of rotatable bonds is 2. The third kappa shape index (κ3) is 2.26. The summed E-state index contributed by atoms with van der Waals surface area (Å²) in [6, 6.07) is 10.6. The van der Waals surface area contributed by atoms with Gasteiger partial charge in [-0.15, -0.1) is 0 Å². The number of fused-ring (bicyclic) bond motifs is 1. The molecule has 0 unspecified atom stereocenters. The zero-order valence-electron chi connectivity index (χ0n) is 11.4. The first-order valence-corrected chi connectivity index (χ1v) is 7.47. The van der Waals surface area contributed by atoms with E-state index < -0.39 is 0 Å². The summed E-state index contributed by atoms with van der Waals surface area (Å²) in [6.07, 6.45) is 6.64. The molecule has 0 bridgehead atoms. The number of hydrogen-bond acceptors (Lipinski definition) is 2. The van der Waals surface area contributed by atoms with Crippen molar-refractivity contribution < 1.29 is 0 Å². The lowest BCUT2D eigenvalue weighted by Crippen LogP contribution is -2.59. The summed E-state index contributed by atoms with van der Waals surface area (Å²) in [6.45, 7) is 4.51. The Labute approximate surface area is 110 Å². The number of aryl methyl sites for hydroxylation is 1. The fraction of sp³-hybridized carbons (Fsp3) is 0.625. The normalized spacial score (nSPS) is 27.9. The van der Waals surface area contributed by atoms with Crippen molar-refractivity contribution in [1.82, 2.24) is 5.32 Å².